The number of morpholine rings is 1. The topological polar surface area (TPSA) is 44.7 Å². The van der Waals surface area contributed by atoms with Gasteiger partial charge in [-0.05, 0) is 46.2 Å². The lowest BCUT2D eigenvalue weighted by molar-refractivity contribution is -0.0686. The molecule has 0 aromatic rings. The van der Waals surface area contributed by atoms with Gasteiger partial charge in [0.15, 0.2) is 0 Å². The van der Waals surface area contributed by atoms with Crippen LogP contribution in [0.2, 0.25) is 0 Å². The van der Waals surface area contributed by atoms with Crippen molar-refractivity contribution < 1.29 is 9.84 Å². The fourth-order valence-electron chi connectivity index (χ4n) is 3.12. The average Bonchev–Trinajstić information content (AvgIpc) is 2.36. The van der Waals surface area contributed by atoms with Crippen LogP contribution in [0.3, 0.4) is 0 Å². The van der Waals surface area contributed by atoms with Crippen LogP contribution in [0.1, 0.15) is 47.0 Å². The minimum atomic E-state index is -0.0851. The van der Waals surface area contributed by atoms with Crippen LogP contribution in [-0.2, 0) is 4.74 Å². The normalized spacial score (nSPS) is 28.3. The van der Waals surface area contributed by atoms with Gasteiger partial charge in [0.2, 0.25) is 0 Å². The van der Waals surface area contributed by atoms with Gasteiger partial charge in [-0.2, -0.15) is 0 Å². The van der Waals surface area contributed by atoms with E-state index >= 15 is 0 Å². The van der Waals surface area contributed by atoms with Gasteiger partial charge in [-0.15, -0.1) is 0 Å². The van der Waals surface area contributed by atoms with Crippen LogP contribution >= 0.6 is 0 Å². The molecule has 0 amide bonds. The Morgan fingerprint density at radius 1 is 1.26 bits per heavy atom. The van der Waals surface area contributed by atoms with Crippen LogP contribution in [0.5, 0.6) is 0 Å². The van der Waals surface area contributed by atoms with Crippen LogP contribution in [0.4, 0.5) is 0 Å². The molecule has 4 heteroatoms. The number of nitrogens with one attached hydrogen (secondary N) is 1. The molecule has 19 heavy (non-hydrogen) atoms. The second kappa shape index (κ2) is 8.20. The lowest BCUT2D eigenvalue weighted by Gasteiger charge is -2.37. The highest BCUT2D eigenvalue weighted by Crippen LogP contribution is 2.18. The Hall–Kier alpha value is -0.160. The van der Waals surface area contributed by atoms with Crippen molar-refractivity contribution in [3.05, 3.63) is 0 Å². The Morgan fingerprint density at radius 3 is 2.37 bits per heavy atom. The summed E-state index contributed by atoms with van der Waals surface area (Å²) in [5.41, 5.74) is -0.0851. The van der Waals surface area contributed by atoms with E-state index in [9.17, 15) is 5.11 Å². The standard InChI is InChI=1S/C15H32N2O2/c1-5-15(12-18,16-6-2)8-7-9-17-10-13(3)19-14(4)11-17/h13-14,16,18H,5-12H2,1-4H3. The summed E-state index contributed by atoms with van der Waals surface area (Å²) in [7, 11) is 0. The zero-order valence-corrected chi connectivity index (χ0v) is 13.1. The molecule has 4 nitrogen and oxygen atoms in total. The summed E-state index contributed by atoms with van der Waals surface area (Å²) in [5.74, 6) is 0. The van der Waals surface area contributed by atoms with Crippen LogP contribution in [0, 0.1) is 0 Å². The van der Waals surface area contributed by atoms with Crippen molar-refractivity contribution in [1.29, 1.82) is 0 Å². The molecule has 1 rings (SSSR count). The molecule has 0 spiro atoms. The first-order chi connectivity index (χ1) is 9.05. The lowest BCUT2D eigenvalue weighted by atomic mass is 9.91. The van der Waals surface area contributed by atoms with E-state index in [1.165, 1.54) is 0 Å². The molecule has 1 saturated heterocycles. The molecule has 114 valence electrons. The fourth-order valence-corrected chi connectivity index (χ4v) is 3.12. The van der Waals surface area contributed by atoms with E-state index in [-0.39, 0.29) is 12.1 Å². The van der Waals surface area contributed by atoms with Crippen molar-refractivity contribution in [2.75, 3.05) is 32.8 Å². The Kier molecular flexibility index (Phi) is 7.29. The van der Waals surface area contributed by atoms with E-state index in [2.05, 4.69) is 37.9 Å². The molecule has 0 aromatic carbocycles. The Balaban J connectivity index is 2.35. The van der Waals surface area contributed by atoms with Crippen LogP contribution in [0.15, 0.2) is 0 Å². The highest BCUT2D eigenvalue weighted by molar-refractivity contribution is 4.86. The third kappa shape index (κ3) is 5.38. The van der Waals surface area contributed by atoms with E-state index in [1.807, 2.05) is 0 Å². The predicted molar refractivity (Wildman–Crippen MR) is 79.5 cm³/mol. The molecule has 1 aliphatic rings. The fraction of sp³-hybridized carbons (Fsp3) is 1.00. The van der Waals surface area contributed by atoms with E-state index in [0.29, 0.717) is 12.2 Å². The first-order valence-corrected chi connectivity index (χ1v) is 7.79. The van der Waals surface area contributed by atoms with Crippen molar-refractivity contribution in [3.8, 4) is 0 Å². The van der Waals surface area contributed by atoms with Gasteiger partial charge in [0.1, 0.15) is 0 Å². The minimum Gasteiger partial charge on any atom is -0.394 e. The molecule has 1 aliphatic heterocycles. The molecule has 0 aliphatic carbocycles. The van der Waals surface area contributed by atoms with Crippen LogP contribution < -0.4 is 5.32 Å². The Morgan fingerprint density at radius 2 is 1.89 bits per heavy atom. The number of hydrogen-bond donors (Lipinski definition) is 2. The van der Waals surface area contributed by atoms with Crippen molar-refractivity contribution in [3.63, 3.8) is 0 Å². The zero-order chi connectivity index (χ0) is 14.3. The summed E-state index contributed by atoms with van der Waals surface area (Å²) in [5, 5.41) is 13.1. The maximum Gasteiger partial charge on any atom is 0.0678 e. The zero-order valence-electron chi connectivity index (χ0n) is 13.1. The van der Waals surface area contributed by atoms with Gasteiger partial charge < -0.3 is 15.2 Å². The number of ether oxygens (including phenoxy) is 1. The molecule has 0 saturated carbocycles. The monoisotopic (exact) mass is 272 g/mol. The number of nitrogens with zero attached hydrogens (tertiary/aromatic N) is 1. The van der Waals surface area contributed by atoms with E-state index in [4.69, 9.17) is 4.74 Å². The van der Waals surface area contributed by atoms with Crippen LogP contribution in [-0.4, -0.2) is 60.5 Å². The van der Waals surface area contributed by atoms with Gasteiger partial charge in [0.05, 0.1) is 18.8 Å². The second-order valence-corrected chi connectivity index (χ2v) is 5.94. The SMILES string of the molecule is CCNC(CC)(CO)CCCN1CC(C)OC(C)C1. The van der Waals surface area contributed by atoms with E-state index in [1.54, 1.807) is 0 Å². The predicted octanol–water partition coefficient (Wildman–Crippen LogP) is 1.63. The second-order valence-electron chi connectivity index (χ2n) is 5.94. The van der Waals surface area contributed by atoms with E-state index in [0.717, 1.165) is 45.4 Å². The van der Waals surface area contributed by atoms with Gasteiger partial charge >= 0.3 is 0 Å². The molecule has 1 fully saturated rings. The molecule has 3 unspecified atom stereocenters. The Bertz CT molecular complexity index is 234. The molecule has 2 N–H and O–H groups in total. The summed E-state index contributed by atoms with van der Waals surface area (Å²) >= 11 is 0. The van der Waals surface area contributed by atoms with Gasteiger partial charge in [-0.3, -0.25) is 4.90 Å². The number of likely N-dealkylation sites (N-methyl/N-ethyl adjacent to an activating group) is 1. The quantitative estimate of drug-likeness (QED) is 0.705. The highest BCUT2D eigenvalue weighted by Gasteiger charge is 2.27. The molecule has 1 heterocycles. The first kappa shape index (κ1) is 16.9. The van der Waals surface area contributed by atoms with Gasteiger partial charge in [0, 0.05) is 18.6 Å². The van der Waals surface area contributed by atoms with Gasteiger partial charge in [-0.25, -0.2) is 0 Å². The Labute approximate surface area is 118 Å². The summed E-state index contributed by atoms with van der Waals surface area (Å²) in [6.45, 7) is 12.9. The van der Waals surface area contributed by atoms with E-state index < -0.39 is 0 Å². The van der Waals surface area contributed by atoms with Crippen molar-refractivity contribution in [2.45, 2.75) is 64.7 Å². The molecule has 0 bridgehead atoms. The largest absolute Gasteiger partial charge is 0.394 e. The first-order valence-electron chi connectivity index (χ1n) is 7.79. The third-order valence-corrected chi connectivity index (χ3v) is 4.16. The summed E-state index contributed by atoms with van der Waals surface area (Å²) in [6, 6.07) is 0. The number of rotatable bonds is 8. The molecular formula is C15H32N2O2. The van der Waals surface area contributed by atoms with Gasteiger partial charge in [-0.1, -0.05) is 13.8 Å². The molecular weight excluding hydrogens is 240 g/mol. The maximum absolute atomic E-state index is 9.63. The maximum atomic E-state index is 9.63. The minimum absolute atomic E-state index is 0.0851. The number of aliphatic hydroxyl groups is 1. The number of aliphatic hydroxyl groups excluding tert-OH is 1. The van der Waals surface area contributed by atoms with Crippen molar-refractivity contribution >= 4 is 0 Å². The summed E-state index contributed by atoms with van der Waals surface area (Å²) in [4.78, 5) is 2.49. The van der Waals surface area contributed by atoms with Crippen molar-refractivity contribution in [2.24, 2.45) is 0 Å². The van der Waals surface area contributed by atoms with Gasteiger partial charge in [0.25, 0.3) is 0 Å². The smallest absolute Gasteiger partial charge is 0.0678 e. The molecule has 0 radical (unpaired) electrons. The summed E-state index contributed by atoms with van der Waals surface area (Å²) in [6.07, 6.45) is 3.82. The van der Waals surface area contributed by atoms with Crippen LogP contribution in [0.25, 0.3) is 0 Å². The summed E-state index contributed by atoms with van der Waals surface area (Å²) < 4.78 is 5.75. The van der Waals surface area contributed by atoms with Crippen molar-refractivity contribution in [1.82, 2.24) is 10.2 Å². The number of hydrogen-bond acceptors (Lipinski definition) is 4. The molecule has 3 atom stereocenters. The third-order valence-electron chi connectivity index (χ3n) is 4.16. The highest BCUT2D eigenvalue weighted by atomic mass is 16.5. The average molecular weight is 272 g/mol. The molecule has 0 aromatic heterocycles. The lowest BCUT2D eigenvalue weighted by Crippen LogP contribution is -2.49.